The van der Waals surface area contributed by atoms with Crippen molar-refractivity contribution in [3.8, 4) is 0 Å². The third kappa shape index (κ3) is 7.63. The van der Waals surface area contributed by atoms with Crippen molar-refractivity contribution in [1.82, 2.24) is 0 Å². The molecule has 0 bridgehead atoms. The Bertz CT molecular complexity index is 157. The Labute approximate surface area is 82.5 Å². The molecule has 0 saturated carbocycles. The number of unbranched alkanes of at least 4 members (excludes halogenated alkanes) is 2. The first-order valence-electron chi connectivity index (χ1n) is 5.17. The number of hydrogen-bond donors (Lipinski definition) is 0. The minimum absolute atomic E-state index is 1.04. The highest BCUT2D eigenvalue weighted by Crippen LogP contribution is 2.13. The van der Waals surface area contributed by atoms with Gasteiger partial charge in [-0.2, -0.15) is 0 Å². The van der Waals surface area contributed by atoms with E-state index in [2.05, 4.69) is 26.0 Å². The molecule has 1 heteroatoms. The van der Waals surface area contributed by atoms with Gasteiger partial charge in [0.2, 0.25) is 0 Å². The lowest BCUT2D eigenvalue weighted by molar-refractivity contribution is 0.331. The van der Waals surface area contributed by atoms with E-state index in [1.165, 1.54) is 31.3 Å². The quantitative estimate of drug-likeness (QED) is 0.328. The Morgan fingerprint density at radius 2 is 2.08 bits per heavy atom. The van der Waals surface area contributed by atoms with Crippen molar-refractivity contribution in [1.29, 1.82) is 0 Å². The van der Waals surface area contributed by atoms with Crippen molar-refractivity contribution < 1.29 is 4.74 Å². The molecule has 0 N–H and O–H groups in total. The van der Waals surface area contributed by atoms with Gasteiger partial charge in [0, 0.05) is 0 Å². The standard InChI is InChI=1S/C12H22O/c1-4-6-8-10-12(11-13-3)9-7-5-2/h5,7,11H,4,6,8-10H2,1-3H3/b7-5+,12-11+. The van der Waals surface area contributed by atoms with Crippen LogP contribution in [-0.2, 0) is 4.74 Å². The molecule has 0 aliphatic carbocycles. The highest BCUT2D eigenvalue weighted by atomic mass is 16.5. The molecule has 0 aromatic carbocycles. The monoisotopic (exact) mass is 182 g/mol. The molecule has 0 rings (SSSR count). The fourth-order valence-corrected chi connectivity index (χ4v) is 1.25. The van der Waals surface area contributed by atoms with Crippen LogP contribution in [0.5, 0.6) is 0 Å². The van der Waals surface area contributed by atoms with Gasteiger partial charge in [0.15, 0.2) is 0 Å². The largest absolute Gasteiger partial charge is 0.504 e. The first kappa shape index (κ1) is 12.3. The zero-order valence-electron chi connectivity index (χ0n) is 9.18. The lowest BCUT2D eigenvalue weighted by Gasteiger charge is -2.03. The summed E-state index contributed by atoms with van der Waals surface area (Å²) in [6.45, 7) is 4.28. The van der Waals surface area contributed by atoms with E-state index >= 15 is 0 Å². The normalized spacial score (nSPS) is 12.4. The van der Waals surface area contributed by atoms with E-state index in [4.69, 9.17) is 4.74 Å². The molecule has 0 aromatic rings. The lowest BCUT2D eigenvalue weighted by atomic mass is 10.1. The molecule has 1 nitrogen and oxygen atoms in total. The molecule has 0 atom stereocenters. The van der Waals surface area contributed by atoms with Crippen molar-refractivity contribution >= 4 is 0 Å². The highest BCUT2D eigenvalue weighted by molar-refractivity contribution is 5.04. The van der Waals surface area contributed by atoms with Crippen LogP contribution in [0.2, 0.25) is 0 Å². The van der Waals surface area contributed by atoms with Crippen molar-refractivity contribution in [2.45, 2.75) is 46.0 Å². The third-order valence-electron chi connectivity index (χ3n) is 2.00. The molecule has 0 aromatic heterocycles. The Morgan fingerprint density at radius 1 is 1.31 bits per heavy atom. The van der Waals surface area contributed by atoms with Crippen LogP contribution in [0.15, 0.2) is 24.0 Å². The summed E-state index contributed by atoms with van der Waals surface area (Å²) in [5.41, 5.74) is 1.40. The number of methoxy groups -OCH3 is 1. The molecular weight excluding hydrogens is 160 g/mol. The molecule has 13 heavy (non-hydrogen) atoms. The van der Waals surface area contributed by atoms with Gasteiger partial charge < -0.3 is 4.74 Å². The molecule has 0 spiro atoms. The summed E-state index contributed by atoms with van der Waals surface area (Å²) in [7, 11) is 1.72. The number of allylic oxidation sites excluding steroid dienone is 3. The summed E-state index contributed by atoms with van der Waals surface area (Å²) in [4.78, 5) is 0. The Morgan fingerprint density at radius 3 is 2.62 bits per heavy atom. The van der Waals surface area contributed by atoms with Crippen molar-refractivity contribution in [2.24, 2.45) is 0 Å². The van der Waals surface area contributed by atoms with Crippen molar-refractivity contribution in [3.05, 3.63) is 24.0 Å². The van der Waals surface area contributed by atoms with Crippen LogP contribution in [0.3, 0.4) is 0 Å². The lowest BCUT2D eigenvalue weighted by Crippen LogP contribution is -1.85. The summed E-state index contributed by atoms with van der Waals surface area (Å²) in [5.74, 6) is 0. The maximum Gasteiger partial charge on any atom is 0.0819 e. The Kier molecular flexibility index (Phi) is 8.85. The molecule has 0 radical (unpaired) electrons. The van der Waals surface area contributed by atoms with Crippen LogP contribution in [-0.4, -0.2) is 7.11 Å². The molecule has 0 heterocycles. The highest BCUT2D eigenvalue weighted by Gasteiger charge is 1.95. The van der Waals surface area contributed by atoms with Crippen LogP contribution in [0.25, 0.3) is 0 Å². The van der Waals surface area contributed by atoms with E-state index in [0.29, 0.717) is 0 Å². The van der Waals surface area contributed by atoms with Crippen molar-refractivity contribution in [3.63, 3.8) is 0 Å². The van der Waals surface area contributed by atoms with Crippen LogP contribution < -0.4 is 0 Å². The predicted molar refractivity (Wildman–Crippen MR) is 58.7 cm³/mol. The van der Waals surface area contributed by atoms with Gasteiger partial charge in [0.25, 0.3) is 0 Å². The average Bonchev–Trinajstić information content (AvgIpc) is 2.14. The van der Waals surface area contributed by atoms with E-state index in [-0.39, 0.29) is 0 Å². The molecule has 0 aliphatic heterocycles. The summed E-state index contributed by atoms with van der Waals surface area (Å²) in [6, 6.07) is 0. The van der Waals surface area contributed by atoms with E-state index in [1.807, 2.05) is 6.26 Å². The zero-order valence-corrected chi connectivity index (χ0v) is 9.18. The average molecular weight is 182 g/mol. The Balaban J connectivity index is 3.74. The van der Waals surface area contributed by atoms with Gasteiger partial charge in [-0.05, 0) is 31.8 Å². The molecule has 0 unspecified atom stereocenters. The Hall–Kier alpha value is -0.720. The summed E-state index contributed by atoms with van der Waals surface area (Å²) >= 11 is 0. The molecule has 0 fully saturated rings. The van der Waals surface area contributed by atoms with Gasteiger partial charge in [-0.15, -0.1) is 0 Å². The van der Waals surface area contributed by atoms with Gasteiger partial charge in [-0.3, -0.25) is 0 Å². The minimum atomic E-state index is 1.04. The second-order valence-corrected chi connectivity index (χ2v) is 3.24. The van der Waals surface area contributed by atoms with Crippen molar-refractivity contribution in [2.75, 3.05) is 7.11 Å². The fraction of sp³-hybridized carbons (Fsp3) is 0.667. The fourth-order valence-electron chi connectivity index (χ4n) is 1.25. The molecule has 76 valence electrons. The van der Waals surface area contributed by atoms with Gasteiger partial charge in [0.05, 0.1) is 13.4 Å². The summed E-state index contributed by atoms with van der Waals surface area (Å²) in [6.07, 6.45) is 12.2. The minimum Gasteiger partial charge on any atom is -0.504 e. The van der Waals surface area contributed by atoms with Crippen LogP contribution >= 0.6 is 0 Å². The van der Waals surface area contributed by atoms with Gasteiger partial charge in [0.1, 0.15) is 0 Å². The SMILES string of the molecule is C/C=C/C/C(=C\OC)CCCCC. The van der Waals surface area contributed by atoms with Crippen LogP contribution in [0.4, 0.5) is 0 Å². The third-order valence-corrected chi connectivity index (χ3v) is 2.00. The summed E-state index contributed by atoms with van der Waals surface area (Å²) < 4.78 is 5.04. The van der Waals surface area contributed by atoms with E-state index in [1.54, 1.807) is 7.11 Å². The van der Waals surface area contributed by atoms with Gasteiger partial charge in [-0.25, -0.2) is 0 Å². The second kappa shape index (κ2) is 9.37. The molecule has 0 aliphatic rings. The van der Waals surface area contributed by atoms with Crippen LogP contribution in [0.1, 0.15) is 46.0 Å². The number of ether oxygens (including phenoxy) is 1. The number of hydrogen-bond acceptors (Lipinski definition) is 1. The van der Waals surface area contributed by atoms with Crippen LogP contribution in [0, 0.1) is 0 Å². The maximum absolute atomic E-state index is 5.04. The first-order chi connectivity index (χ1) is 6.35. The topological polar surface area (TPSA) is 9.23 Å². The maximum atomic E-state index is 5.04. The number of rotatable bonds is 7. The van der Waals surface area contributed by atoms with Gasteiger partial charge >= 0.3 is 0 Å². The van der Waals surface area contributed by atoms with E-state index in [9.17, 15) is 0 Å². The first-order valence-corrected chi connectivity index (χ1v) is 5.17. The second-order valence-electron chi connectivity index (χ2n) is 3.24. The van der Waals surface area contributed by atoms with E-state index in [0.717, 1.165) is 6.42 Å². The zero-order chi connectivity index (χ0) is 9.94. The smallest absolute Gasteiger partial charge is 0.0819 e. The molecule has 0 saturated heterocycles. The molecular formula is C12H22O. The summed E-state index contributed by atoms with van der Waals surface area (Å²) in [5, 5.41) is 0. The molecule has 0 amide bonds. The predicted octanol–water partition coefficient (Wildman–Crippen LogP) is 4.06. The van der Waals surface area contributed by atoms with E-state index < -0.39 is 0 Å². The van der Waals surface area contributed by atoms with Gasteiger partial charge in [-0.1, -0.05) is 31.9 Å².